The van der Waals surface area contributed by atoms with E-state index in [0.717, 1.165) is 5.69 Å². The Labute approximate surface area is 144 Å². The summed E-state index contributed by atoms with van der Waals surface area (Å²) in [4.78, 5) is 22.4. The lowest BCUT2D eigenvalue weighted by Gasteiger charge is -2.17. The zero-order chi connectivity index (χ0) is 17.9. The van der Waals surface area contributed by atoms with E-state index in [1.54, 1.807) is 34.6 Å². The summed E-state index contributed by atoms with van der Waals surface area (Å²) < 4.78 is 1.57. The number of rotatable bonds is 5. The summed E-state index contributed by atoms with van der Waals surface area (Å²) in [7, 11) is 0. The summed E-state index contributed by atoms with van der Waals surface area (Å²) in [6.45, 7) is 7.98. The number of nitrogens with zero attached hydrogens (tertiary/aromatic N) is 3. The topological polar surface area (TPSA) is 90.1 Å². The number of benzene rings is 1. The van der Waals surface area contributed by atoms with Crippen LogP contribution in [0.3, 0.4) is 0 Å². The maximum Gasteiger partial charge on any atom is 0.269 e. The van der Waals surface area contributed by atoms with Crippen LogP contribution in [0.5, 0.6) is 0 Å². The van der Waals surface area contributed by atoms with Gasteiger partial charge >= 0.3 is 0 Å². The SMILES string of the molecule is Cc1cc(NC(=O)CSC(C)(C)C)n(-c2ccc([N+](=O)[O-])cc2)n1. The Morgan fingerprint density at radius 3 is 2.50 bits per heavy atom. The molecule has 0 aliphatic carbocycles. The Bertz CT molecular complexity index is 748. The summed E-state index contributed by atoms with van der Waals surface area (Å²) >= 11 is 1.56. The highest BCUT2D eigenvalue weighted by Gasteiger charge is 2.16. The maximum absolute atomic E-state index is 12.1. The van der Waals surface area contributed by atoms with Gasteiger partial charge in [-0.2, -0.15) is 5.10 Å². The van der Waals surface area contributed by atoms with Gasteiger partial charge in [0.1, 0.15) is 5.82 Å². The van der Waals surface area contributed by atoms with Crippen molar-refractivity contribution in [2.24, 2.45) is 0 Å². The molecule has 0 fully saturated rings. The number of hydrogen-bond acceptors (Lipinski definition) is 5. The van der Waals surface area contributed by atoms with E-state index in [4.69, 9.17) is 0 Å². The summed E-state index contributed by atoms with van der Waals surface area (Å²) in [6, 6.07) is 7.79. The zero-order valence-corrected chi connectivity index (χ0v) is 14.9. The first-order valence-electron chi connectivity index (χ1n) is 7.41. The Hall–Kier alpha value is -2.35. The first-order valence-corrected chi connectivity index (χ1v) is 8.39. The molecule has 0 atom stereocenters. The fourth-order valence-corrected chi connectivity index (χ4v) is 2.60. The minimum atomic E-state index is -0.454. The normalized spacial score (nSPS) is 11.3. The molecule has 7 nitrogen and oxygen atoms in total. The monoisotopic (exact) mass is 348 g/mol. The van der Waals surface area contributed by atoms with Crippen molar-refractivity contribution in [1.29, 1.82) is 0 Å². The molecule has 2 aromatic rings. The number of aromatic nitrogens is 2. The molecule has 0 saturated heterocycles. The fraction of sp³-hybridized carbons (Fsp3) is 0.375. The molecule has 0 aliphatic heterocycles. The van der Waals surface area contributed by atoms with Crippen LogP contribution in [-0.4, -0.2) is 31.1 Å². The molecule has 0 unspecified atom stereocenters. The molecule has 0 bridgehead atoms. The molecule has 1 aromatic carbocycles. The number of carbonyl (C=O) groups excluding carboxylic acids is 1. The van der Waals surface area contributed by atoms with E-state index in [9.17, 15) is 14.9 Å². The molecule has 0 radical (unpaired) electrons. The standard InChI is InChI=1S/C16H20N4O3S/c1-11-9-14(17-15(21)10-24-16(2,3)4)19(18-11)12-5-7-13(8-6-12)20(22)23/h5-9H,10H2,1-4H3,(H,17,21). The van der Waals surface area contributed by atoms with Gasteiger partial charge in [-0.15, -0.1) is 11.8 Å². The van der Waals surface area contributed by atoms with Crippen molar-refractivity contribution in [3.8, 4) is 5.69 Å². The number of thioether (sulfide) groups is 1. The van der Waals surface area contributed by atoms with E-state index in [-0.39, 0.29) is 16.3 Å². The number of nitro groups is 1. The van der Waals surface area contributed by atoms with Crippen molar-refractivity contribution in [1.82, 2.24) is 9.78 Å². The van der Waals surface area contributed by atoms with Crippen molar-refractivity contribution >= 4 is 29.2 Å². The molecular formula is C16H20N4O3S. The number of non-ortho nitro benzene ring substituents is 1. The van der Waals surface area contributed by atoms with Crippen LogP contribution >= 0.6 is 11.8 Å². The molecule has 0 aliphatic rings. The van der Waals surface area contributed by atoms with Crippen molar-refractivity contribution in [2.45, 2.75) is 32.4 Å². The third-order valence-electron chi connectivity index (χ3n) is 3.04. The highest BCUT2D eigenvalue weighted by molar-refractivity contribution is 8.01. The quantitative estimate of drug-likeness (QED) is 0.659. The van der Waals surface area contributed by atoms with Gasteiger partial charge in [-0.3, -0.25) is 14.9 Å². The predicted molar refractivity (Wildman–Crippen MR) is 95.8 cm³/mol. The van der Waals surface area contributed by atoms with Gasteiger partial charge in [-0.1, -0.05) is 20.8 Å². The molecule has 0 spiro atoms. The third kappa shape index (κ3) is 4.82. The number of hydrogen-bond donors (Lipinski definition) is 1. The van der Waals surface area contributed by atoms with E-state index < -0.39 is 4.92 Å². The maximum atomic E-state index is 12.1. The number of nitro benzene ring substituents is 1. The van der Waals surface area contributed by atoms with Gasteiger partial charge in [0.2, 0.25) is 5.91 Å². The van der Waals surface area contributed by atoms with Crippen LogP contribution in [0.1, 0.15) is 26.5 Å². The van der Waals surface area contributed by atoms with E-state index >= 15 is 0 Å². The largest absolute Gasteiger partial charge is 0.310 e. The molecular weight excluding hydrogens is 328 g/mol. The molecule has 1 amide bonds. The minimum Gasteiger partial charge on any atom is -0.310 e. The zero-order valence-electron chi connectivity index (χ0n) is 14.1. The predicted octanol–water partition coefficient (Wildman–Crippen LogP) is 3.56. The highest BCUT2D eigenvalue weighted by Crippen LogP contribution is 2.24. The average molecular weight is 348 g/mol. The second-order valence-electron chi connectivity index (χ2n) is 6.31. The second-order valence-corrected chi connectivity index (χ2v) is 8.11. The Kier molecular flexibility index (Phi) is 5.28. The van der Waals surface area contributed by atoms with Gasteiger partial charge in [0, 0.05) is 22.9 Å². The van der Waals surface area contributed by atoms with Crippen LogP contribution in [0.15, 0.2) is 30.3 Å². The number of amides is 1. The van der Waals surface area contributed by atoms with Gasteiger partial charge < -0.3 is 5.32 Å². The smallest absolute Gasteiger partial charge is 0.269 e. The van der Waals surface area contributed by atoms with E-state index in [2.05, 4.69) is 31.2 Å². The molecule has 128 valence electrons. The lowest BCUT2D eigenvalue weighted by atomic mass is 10.3. The van der Waals surface area contributed by atoms with E-state index in [1.165, 1.54) is 12.1 Å². The first-order chi connectivity index (χ1) is 11.2. The van der Waals surface area contributed by atoms with Crippen molar-refractivity contribution in [2.75, 3.05) is 11.1 Å². The van der Waals surface area contributed by atoms with E-state index in [1.807, 2.05) is 6.92 Å². The second kappa shape index (κ2) is 7.04. The van der Waals surface area contributed by atoms with Crippen molar-refractivity contribution in [3.05, 3.63) is 46.1 Å². The Balaban J connectivity index is 2.18. The van der Waals surface area contributed by atoms with Crippen molar-refractivity contribution < 1.29 is 9.72 Å². The van der Waals surface area contributed by atoms with Gasteiger partial charge in [0.15, 0.2) is 0 Å². The van der Waals surface area contributed by atoms with E-state index in [0.29, 0.717) is 17.3 Å². The molecule has 0 saturated carbocycles. The van der Waals surface area contributed by atoms with Crippen LogP contribution in [-0.2, 0) is 4.79 Å². The van der Waals surface area contributed by atoms with Gasteiger partial charge in [-0.05, 0) is 19.1 Å². The van der Waals surface area contributed by atoms with Gasteiger partial charge in [0.05, 0.1) is 22.1 Å². The lowest BCUT2D eigenvalue weighted by Crippen LogP contribution is -2.20. The van der Waals surface area contributed by atoms with Crippen LogP contribution in [0, 0.1) is 17.0 Å². The van der Waals surface area contributed by atoms with Crippen molar-refractivity contribution in [3.63, 3.8) is 0 Å². The van der Waals surface area contributed by atoms with Crippen LogP contribution in [0.25, 0.3) is 5.69 Å². The summed E-state index contributed by atoms with van der Waals surface area (Å²) in [5.41, 5.74) is 1.40. The molecule has 1 aromatic heterocycles. The molecule has 1 heterocycles. The molecule has 24 heavy (non-hydrogen) atoms. The fourth-order valence-electron chi connectivity index (χ4n) is 1.96. The van der Waals surface area contributed by atoms with Gasteiger partial charge in [0.25, 0.3) is 5.69 Å². The highest BCUT2D eigenvalue weighted by atomic mass is 32.2. The van der Waals surface area contributed by atoms with Crippen LogP contribution in [0.4, 0.5) is 11.5 Å². The molecule has 1 N–H and O–H groups in total. The average Bonchev–Trinajstić information content (AvgIpc) is 2.85. The number of nitrogens with one attached hydrogen (secondary N) is 1. The van der Waals surface area contributed by atoms with Gasteiger partial charge in [-0.25, -0.2) is 4.68 Å². The van der Waals surface area contributed by atoms with Crippen LogP contribution in [0.2, 0.25) is 0 Å². The molecule has 8 heteroatoms. The minimum absolute atomic E-state index is 0.00582. The Morgan fingerprint density at radius 2 is 1.96 bits per heavy atom. The molecule has 2 rings (SSSR count). The number of carbonyl (C=O) groups is 1. The first kappa shape index (κ1) is 18.0. The third-order valence-corrected chi connectivity index (χ3v) is 4.31. The number of aryl methyl sites for hydroxylation is 1. The lowest BCUT2D eigenvalue weighted by molar-refractivity contribution is -0.384. The van der Waals surface area contributed by atoms with Crippen LogP contribution < -0.4 is 5.32 Å². The number of anilines is 1. The summed E-state index contributed by atoms with van der Waals surface area (Å²) in [5, 5.41) is 17.9. The summed E-state index contributed by atoms with van der Waals surface area (Å²) in [5.74, 6) is 0.771. The summed E-state index contributed by atoms with van der Waals surface area (Å²) in [6.07, 6.45) is 0. The Morgan fingerprint density at radius 1 is 1.33 bits per heavy atom.